The van der Waals surface area contributed by atoms with Crippen molar-refractivity contribution in [1.82, 2.24) is 0 Å². The number of hydrogen-bond donors (Lipinski definition) is 0. The first-order chi connectivity index (χ1) is 6.36. The molecule has 4 bridgehead atoms. The van der Waals surface area contributed by atoms with Crippen LogP contribution in [-0.2, 0) is 9.53 Å². The van der Waals surface area contributed by atoms with Crippen LogP contribution in [-0.4, -0.2) is 12.6 Å². The summed E-state index contributed by atoms with van der Waals surface area (Å²) in [4.78, 5) is 10.4. The topological polar surface area (TPSA) is 26.3 Å². The van der Waals surface area contributed by atoms with Gasteiger partial charge in [-0.05, 0) is 55.8 Å². The molecule has 4 aliphatic rings. The Morgan fingerprint density at radius 2 is 1.46 bits per heavy atom. The zero-order chi connectivity index (χ0) is 8.84. The molecule has 0 unspecified atom stereocenters. The molecule has 4 rings (SSSR count). The predicted octanol–water partition coefficient (Wildman–Crippen LogP) is 1.98. The number of ether oxygens (including phenoxy) is 1. The Morgan fingerprint density at radius 3 is 1.92 bits per heavy atom. The molecule has 4 aliphatic carbocycles. The standard InChI is InChI=1S/C11H16O2/c12-6-13-11-9-2-7-1-8(4-9)5-10(11)3-7/h6-11H,1-5H2. The number of hydrogen-bond acceptors (Lipinski definition) is 2. The number of rotatable bonds is 2. The summed E-state index contributed by atoms with van der Waals surface area (Å²) in [6.45, 7) is 0.660. The zero-order valence-corrected chi connectivity index (χ0v) is 7.82. The molecule has 0 spiro atoms. The molecule has 2 heteroatoms. The summed E-state index contributed by atoms with van der Waals surface area (Å²) >= 11 is 0. The quantitative estimate of drug-likeness (QED) is 0.607. The lowest BCUT2D eigenvalue weighted by Crippen LogP contribution is -2.49. The summed E-state index contributed by atoms with van der Waals surface area (Å²) < 4.78 is 5.24. The van der Waals surface area contributed by atoms with Crippen molar-refractivity contribution in [3.8, 4) is 0 Å². The van der Waals surface area contributed by atoms with Crippen molar-refractivity contribution in [1.29, 1.82) is 0 Å². The highest BCUT2D eigenvalue weighted by Crippen LogP contribution is 2.54. The van der Waals surface area contributed by atoms with E-state index in [4.69, 9.17) is 4.74 Å². The lowest BCUT2D eigenvalue weighted by Gasteiger charge is -2.53. The molecule has 0 aromatic heterocycles. The Balaban J connectivity index is 1.81. The average Bonchev–Trinajstić information content (AvgIpc) is 2.10. The minimum absolute atomic E-state index is 0.283. The van der Waals surface area contributed by atoms with Crippen LogP contribution in [0.4, 0.5) is 0 Å². The van der Waals surface area contributed by atoms with Crippen LogP contribution in [0.5, 0.6) is 0 Å². The summed E-state index contributed by atoms with van der Waals surface area (Å²) in [5, 5.41) is 0. The molecule has 0 aliphatic heterocycles. The fourth-order valence-corrected chi connectivity index (χ4v) is 4.16. The monoisotopic (exact) mass is 180 g/mol. The third kappa shape index (κ3) is 1.11. The van der Waals surface area contributed by atoms with E-state index < -0.39 is 0 Å². The highest BCUT2D eigenvalue weighted by molar-refractivity contribution is 5.37. The van der Waals surface area contributed by atoms with E-state index in [-0.39, 0.29) is 6.10 Å². The Kier molecular flexibility index (Phi) is 1.64. The van der Waals surface area contributed by atoms with E-state index in [0.29, 0.717) is 18.3 Å². The summed E-state index contributed by atoms with van der Waals surface area (Å²) in [7, 11) is 0. The Bertz CT molecular complexity index is 196. The van der Waals surface area contributed by atoms with Crippen LogP contribution in [0.25, 0.3) is 0 Å². The lowest BCUT2D eigenvalue weighted by molar-refractivity contribution is -0.155. The van der Waals surface area contributed by atoms with E-state index in [1.165, 1.54) is 32.1 Å². The van der Waals surface area contributed by atoms with Gasteiger partial charge in [-0.2, -0.15) is 0 Å². The molecule has 0 saturated heterocycles. The van der Waals surface area contributed by atoms with Gasteiger partial charge < -0.3 is 4.74 Å². The van der Waals surface area contributed by atoms with E-state index >= 15 is 0 Å². The van der Waals surface area contributed by atoms with Gasteiger partial charge in [0.15, 0.2) is 0 Å². The van der Waals surface area contributed by atoms with E-state index in [1.807, 2.05) is 0 Å². The predicted molar refractivity (Wildman–Crippen MR) is 48.0 cm³/mol. The SMILES string of the molecule is O=COC1C2CC3CC(C2)CC1C3. The van der Waals surface area contributed by atoms with Gasteiger partial charge in [-0.25, -0.2) is 0 Å². The van der Waals surface area contributed by atoms with Crippen molar-refractivity contribution in [3.63, 3.8) is 0 Å². The molecule has 13 heavy (non-hydrogen) atoms. The minimum Gasteiger partial charge on any atom is -0.464 e. The molecule has 4 saturated carbocycles. The van der Waals surface area contributed by atoms with Crippen molar-refractivity contribution in [3.05, 3.63) is 0 Å². The van der Waals surface area contributed by atoms with Crippen LogP contribution >= 0.6 is 0 Å². The van der Waals surface area contributed by atoms with Crippen molar-refractivity contribution < 1.29 is 9.53 Å². The van der Waals surface area contributed by atoms with Gasteiger partial charge in [0, 0.05) is 0 Å². The molecular formula is C11H16O2. The van der Waals surface area contributed by atoms with Gasteiger partial charge in [0.1, 0.15) is 6.10 Å². The molecule has 0 amide bonds. The maximum absolute atomic E-state index is 10.4. The smallest absolute Gasteiger partial charge is 0.293 e. The van der Waals surface area contributed by atoms with Crippen LogP contribution in [0.1, 0.15) is 32.1 Å². The van der Waals surface area contributed by atoms with Crippen LogP contribution in [0.2, 0.25) is 0 Å². The third-order valence-electron chi connectivity index (χ3n) is 4.35. The van der Waals surface area contributed by atoms with Crippen LogP contribution in [0, 0.1) is 23.7 Å². The first-order valence-electron chi connectivity index (χ1n) is 5.46. The Morgan fingerprint density at radius 1 is 0.923 bits per heavy atom. The normalized spacial score (nSPS) is 52.2. The van der Waals surface area contributed by atoms with Crippen molar-refractivity contribution in [2.45, 2.75) is 38.2 Å². The molecule has 0 radical (unpaired) electrons. The van der Waals surface area contributed by atoms with Gasteiger partial charge in [-0.1, -0.05) is 0 Å². The van der Waals surface area contributed by atoms with Gasteiger partial charge in [-0.3, -0.25) is 4.79 Å². The summed E-state index contributed by atoms with van der Waals surface area (Å²) in [6.07, 6.45) is 7.04. The number of carbonyl (C=O) groups excluding carboxylic acids is 1. The Hall–Kier alpha value is -0.530. The summed E-state index contributed by atoms with van der Waals surface area (Å²) in [6, 6.07) is 0. The molecule has 72 valence electrons. The van der Waals surface area contributed by atoms with E-state index in [9.17, 15) is 4.79 Å². The summed E-state index contributed by atoms with van der Waals surface area (Å²) in [5.41, 5.74) is 0. The second-order valence-electron chi connectivity index (χ2n) is 5.13. The first kappa shape index (κ1) is 7.84. The fraction of sp³-hybridized carbons (Fsp3) is 0.909. The van der Waals surface area contributed by atoms with Gasteiger partial charge in [-0.15, -0.1) is 0 Å². The molecule has 0 heterocycles. The number of carbonyl (C=O) groups is 1. The highest BCUT2D eigenvalue weighted by Gasteiger charge is 2.49. The zero-order valence-electron chi connectivity index (χ0n) is 7.82. The van der Waals surface area contributed by atoms with Gasteiger partial charge in [0.2, 0.25) is 0 Å². The van der Waals surface area contributed by atoms with Crippen LogP contribution < -0.4 is 0 Å². The largest absolute Gasteiger partial charge is 0.464 e. The maximum Gasteiger partial charge on any atom is 0.293 e. The second kappa shape index (κ2) is 2.73. The molecule has 0 N–H and O–H groups in total. The Labute approximate surface area is 78.6 Å². The average molecular weight is 180 g/mol. The second-order valence-corrected chi connectivity index (χ2v) is 5.13. The van der Waals surface area contributed by atoms with Gasteiger partial charge in [0.05, 0.1) is 0 Å². The van der Waals surface area contributed by atoms with Crippen LogP contribution in [0.3, 0.4) is 0 Å². The molecule has 0 atom stereocenters. The van der Waals surface area contributed by atoms with E-state index in [2.05, 4.69) is 0 Å². The third-order valence-corrected chi connectivity index (χ3v) is 4.35. The van der Waals surface area contributed by atoms with Gasteiger partial charge in [0.25, 0.3) is 6.47 Å². The molecule has 2 nitrogen and oxygen atoms in total. The molecular weight excluding hydrogens is 164 g/mol. The van der Waals surface area contributed by atoms with Crippen molar-refractivity contribution in [2.75, 3.05) is 0 Å². The molecule has 4 fully saturated rings. The summed E-state index contributed by atoms with van der Waals surface area (Å²) in [5.74, 6) is 3.35. The maximum atomic E-state index is 10.4. The van der Waals surface area contributed by atoms with Crippen LogP contribution in [0.15, 0.2) is 0 Å². The van der Waals surface area contributed by atoms with Gasteiger partial charge >= 0.3 is 0 Å². The highest BCUT2D eigenvalue weighted by atomic mass is 16.5. The van der Waals surface area contributed by atoms with Crippen molar-refractivity contribution in [2.24, 2.45) is 23.7 Å². The minimum atomic E-state index is 0.283. The van der Waals surface area contributed by atoms with E-state index in [1.54, 1.807) is 0 Å². The van der Waals surface area contributed by atoms with E-state index in [0.717, 1.165) is 11.8 Å². The first-order valence-corrected chi connectivity index (χ1v) is 5.46. The lowest BCUT2D eigenvalue weighted by atomic mass is 9.55. The van der Waals surface area contributed by atoms with Crippen molar-refractivity contribution >= 4 is 6.47 Å². The molecule has 0 aromatic carbocycles. The molecule has 0 aromatic rings. The fourth-order valence-electron chi connectivity index (χ4n) is 4.16.